The Bertz CT molecular complexity index is 279. The Morgan fingerprint density at radius 1 is 1.46 bits per heavy atom. The van der Waals surface area contributed by atoms with E-state index in [4.69, 9.17) is 0 Å². The molecule has 0 saturated carbocycles. The normalized spacial score (nSPS) is 9.69. The van der Waals surface area contributed by atoms with Crippen molar-refractivity contribution in [3.63, 3.8) is 0 Å². The Kier molecular flexibility index (Phi) is 3.43. The predicted molar refractivity (Wildman–Crippen MR) is 48.0 cm³/mol. The van der Waals surface area contributed by atoms with Gasteiger partial charge in [-0.3, -0.25) is 4.79 Å². The lowest BCUT2D eigenvalue weighted by molar-refractivity contribution is -0.671. The van der Waals surface area contributed by atoms with Gasteiger partial charge in [0.15, 0.2) is 12.4 Å². The first-order valence-electron chi connectivity index (χ1n) is 4.23. The van der Waals surface area contributed by atoms with Gasteiger partial charge in [0.1, 0.15) is 7.05 Å². The molecule has 1 heterocycles. The molecule has 0 aliphatic carbocycles. The van der Waals surface area contributed by atoms with Gasteiger partial charge >= 0.3 is 5.97 Å². The number of hydrogen-bond donors (Lipinski definition) is 0. The number of methoxy groups -OCH3 is 1. The molecule has 0 aromatic carbocycles. The van der Waals surface area contributed by atoms with E-state index in [0.717, 1.165) is 12.0 Å². The number of hydrogen-bond acceptors (Lipinski definition) is 2. The van der Waals surface area contributed by atoms with Crippen molar-refractivity contribution in [1.82, 2.24) is 0 Å². The van der Waals surface area contributed by atoms with Crippen molar-refractivity contribution >= 4 is 5.97 Å². The molecule has 0 bridgehead atoms. The summed E-state index contributed by atoms with van der Waals surface area (Å²) in [4.78, 5) is 10.8. The summed E-state index contributed by atoms with van der Waals surface area (Å²) >= 11 is 0. The van der Waals surface area contributed by atoms with Crippen LogP contribution in [0.3, 0.4) is 0 Å². The van der Waals surface area contributed by atoms with E-state index in [0.29, 0.717) is 6.42 Å². The van der Waals surface area contributed by atoms with Crippen LogP contribution < -0.4 is 4.57 Å². The monoisotopic (exact) mass is 180 g/mol. The highest BCUT2D eigenvalue weighted by atomic mass is 16.5. The molecule has 0 atom stereocenters. The Balaban J connectivity index is 2.46. The summed E-state index contributed by atoms with van der Waals surface area (Å²) in [7, 11) is 3.37. The van der Waals surface area contributed by atoms with Crippen LogP contribution in [0.2, 0.25) is 0 Å². The standard InChI is InChI=1S/C10H14NO2/c1-11-7-5-9(6-8-11)3-4-10(12)13-2/h5-8H,3-4H2,1-2H3/q+1. The summed E-state index contributed by atoms with van der Waals surface area (Å²) in [6.45, 7) is 0. The van der Waals surface area contributed by atoms with Gasteiger partial charge in [-0.25, -0.2) is 4.57 Å². The lowest BCUT2D eigenvalue weighted by Gasteiger charge is -1.98. The van der Waals surface area contributed by atoms with Crippen LogP contribution >= 0.6 is 0 Å². The Hall–Kier alpha value is -1.38. The number of pyridine rings is 1. The van der Waals surface area contributed by atoms with Crippen molar-refractivity contribution in [1.29, 1.82) is 0 Å². The molecular formula is C10H14NO2+. The second-order valence-corrected chi connectivity index (χ2v) is 2.95. The summed E-state index contributed by atoms with van der Waals surface area (Å²) < 4.78 is 6.51. The second kappa shape index (κ2) is 4.60. The summed E-state index contributed by atoms with van der Waals surface area (Å²) in [6, 6.07) is 4.01. The summed E-state index contributed by atoms with van der Waals surface area (Å²) in [6.07, 6.45) is 5.12. The van der Waals surface area contributed by atoms with Crippen molar-refractivity contribution in [2.75, 3.05) is 7.11 Å². The minimum absolute atomic E-state index is 0.159. The van der Waals surface area contributed by atoms with E-state index in [1.54, 1.807) is 0 Å². The van der Waals surface area contributed by atoms with Crippen molar-refractivity contribution < 1.29 is 14.1 Å². The zero-order chi connectivity index (χ0) is 9.68. The van der Waals surface area contributed by atoms with E-state index >= 15 is 0 Å². The molecule has 0 radical (unpaired) electrons. The van der Waals surface area contributed by atoms with Crippen molar-refractivity contribution in [2.24, 2.45) is 7.05 Å². The minimum Gasteiger partial charge on any atom is -0.469 e. The number of aryl methyl sites for hydroxylation is 2. The summed E-state index contributed by atoms with van der Waals surface area (Å²) in [5, 5.41) is 0. The van der Waals surface area contributed by atoms with Gasteiger partial charge in [-0.05, 0) is 12.0 Å². The number of nitrogens with zero attached hydrogens (tertiary/aromatic N) is 1. The molecule has 0 N–H and O–H groups in total. The third-order valence-corrected chi connectivity index (χ3v) is 1.89. The zero-order valence-electron chi connectivity index (χ0n) is 7.99. The van der Waals surface area contributed by atoms with E-state index in [2.05, 4.69) is 4.74 Å². The fourth-order valence-corrected chi connectivity index (χ4v) is 1.05. The zero-order valence-corrected chi connectivity index (χ0v) is 7.99. The number of rotatable bonds is 3. The number of aromatic nitrogens is 1. The number of ether oxygens (including phenoxy) is 1. The molecule has 0 aliphatic rings. The maximum Gasteiger partial charge on any atom is 0.305 e. The summed E-state index contributed by atoms with van der Waals surface area (Å²) in [5.41, 5.74) is 1.16. The molecule has 0 unspecified atom stereocenters. The van der Waals surface area contributed by atoms with Gasteiger partial charge in [0.05, 0.1) is 7.11 Å². The highest BCUT2D eigenvalue weighted by Gasteiger charge is 2.01. The lowest BCUT2D eigenvalue weighted by Crippen LogP contribution is -2.26. The van der Waals surface area contributed by atoms with Crippen molar-refractivity contribution in [3.8, 4) is 0 Å². The Morgan fingerprint density at radius 3 is 2.62 bits per heavy atom. The number of carbonyl (C=O) groups is 1. The first kappa shape index (κ1) is 9.71. The van der Waals surface area contributed by atoms with Crippen LogP contribution in [-0.2, 0) is 23.0 Å². The molecule has 0 aliphatic heterocycles. The molecule has 3 nitrogen and oxygen atoms in total. The Morgan fingerprint density at radius 2 is 2.08 bits per heavy atom. The van der Waals surface area contributed by atoms with E-state index in [-0.39, 0.29) is 5.97 Å². The van der Waals surface area contributed by atoms with Gasteiger partial charge in [0, 0.05) is 18.6 Å². The fourth-order valence-electron chi connectivity index (χ4n) is 1.05. The van der Waals surface area contributed by atoms with Gasteiger partial charge in [0.2, 0.25) is 0 Å². The van der Waals surface area contributed by atoms with Gasteiger partial charge in [-0.2, -0.15) is 0 Å². The molecule has 13 heavy (non-hydrogen) atoms. The highest BCUT2D eigenvalue weighted by Crippen LogP contribution is 2.00. The number of esters is 1. The van der Waals surface area contributed by atoms with Crippen LogP contribution in [0, 0.1) is 0 Å². The van der Waals surface area contributed by atoms with E-state index in [1.165, 1.54) is 7.11 Å². The first-order valence-corrected chi connectivity index (χ1v) is 4.23. The molecule has 1 aromatic heterocycles. The van der Waals surface area contributed by atoms with Crippen LogP contribution in [-0.4, -0.2) is 13.1 Å². The van der Waals surface area contributed by atoms with Gasteiger partial charge < -0.3 is 4.74 Å². The van der Waals surface area contributed by atoms with Crippen LogP contribution in [0.15, 0.2) is 24.5 Å². The van der Waals surface area contributed by atoms with E-state index in [1.807, 2.05) is 36.1 Å². The average molecular weight is 180 g/mol. The fraction of sp³-hybridized carbons (Fsp3) is 0.400. The van der Waals surface area contributed by atoms with Gasteiger partial charge in [-0.15, -0.1) is 0 Å². The van der Waals surface area contributed by atoms with E-state index in [9.17, 15) is 4.79 Å². The first-order chi connectivity index (χ1) is 6.22. The molecule has 1 rings (SSSR count). The van der Waals surface area contributed by atoms with Gasteiger partial charge in [-0.1, -0.05) is 0 Å². The topological polar surface area (TPSA) is 30.2 Å². The molecule has 0 spiro atoms. The maximum atomic E-state index is 10.8. The average Bonchev–Trinajstić information content (AvgIpc) is 2.16. The van der Waals surface area contributed by atoms with Crippen LogP contribution in [0.4, 0.5) is 0 Å². The number of carbonyl (C=O) groups excluding carboxylic acids is 1. The highest BCUT2D eigenvalue weighted by molar-refractivity contribution is 5.69. The maximum absolute atomic E-state index is 10.8. The molecule has 70 valence electrons. The minimum atomic E-state index is -0.159. The van der Waals surface area contributed by atoms with Crippen LogP contribution in [0.1, 0.15) is 12.0 Å². The van der Waals surface area contributed by atoms with Crippen molar-refractivity contribution in [3.05, 3.63) is 30.1 Å². The molecule has 0 fully saturated rings. The molecule has 3 heteroatoms. The smallest absolute Gasteiger partial charge is 0.305 e. The van der Waals surface area contributed by atoms with E-state index < -0.39 is 0 Å². The quantitative estimate of drug-likeness (QED) is 0.504. The predicted octanol–water partition coefficient (Wildman–Crippen LogP) is 0.617. The molecule has 0 amide bonds. The molecular weight excluding hydrogens is 166 g/mol. The SMILES string of the molecule is COC(=O)CCc1cc[n+](C)cc1. The Labute approximate surface area is 78.0 Å². The largest absolute Gasteiger partial charge is 0.469 e. The van der Waals surface area contributed by atoms with Crippen molar-refractivity contribution in [2.45, 2.75) is 12.8 Å². The third kappa shape index (κ3) is 3.23. The van der Waals surface area contributed by atoms with Crippen LogP contribution in [0.25, 0.3) is 0 Å². The lowest BCUT2D eigenvalue weighted by atomic mass is 10.1. The second-order valence-electron chi connectivity index (χ2n) is 2.95. The molecule has 0 saturated heterocycles. The molecule has 1 aromatic rings. The van der Waals surface area contributed by atoms with Crippen LogP contribution in [0.5, 0.6) is 0 Å². The summed E-state index contributed by atoms with van der Waals surface area (Å²) in [5.74, 6) is -0.159. The van der Waals surface area contributed by atoms with Gasteiger partial charge in [0.25, 0.3) is 0 Å². The third-order valence-electron chi connectivity index (χ3n) is 1.89.